The van der Waals surface area contributed by atoms with Gasteiger partial charge < -0.3 is 37.9 Å². The Morgan fingerprint density at radius 1 is 0.613 bits per heavy atom. The Kier molecular flexibility index (Phi) is 33.3. The van der Waals surface area contributed by atoms with Crippen LogP contribution < -0.4 is 18.9 Å². The van der Waals surface area contributed by atoms with E-state index in [1.165, 1.54) is 90.3 Å². The number of ether oxygens (including phenoxy) is 8. The van der Waals surface area contributed by atoms with Crippen LogP contribution in [0, 0.1) is 5.92 Å². The Hall–Kier alpha value is -7.39. The number of methoxy groups -OCH3 is 1. The van der Waals surface area contributed by atoms with Crippen molar-refractivity contribution in [3.8, 4) is 23.0 Å². The van der Waals surface area contributed by atoms with Crippen molar-refractivity contribution in [2.75, 3.05) is 7.11 Å². The van der Waals surface area contributed by atoms with E-state index < -0.39 is 52.4 Å². The van der Waals surface area contributed by atoms with Crippen molar-refractivity contribution in [2.45, 2.75) is 170 Å². The van der Waals surface area contributed by atoms with Crippen LogP contribution in [0.1, 0.15) is 168 Å². The van der Waals surface area contributed by atoms with Gasteiger partial charge in [-0.3, -0.25) is 4.79 Å². The fourth-order valence-electron chi connectivity index (χ4n) is 7.16. The van der Waals surface area contributed by atoms with Gasteiger partial charge in [-0.1, -0.05) is 124 Å². The first kappa shape index (κ1) is 72.6. The van der Waals surface area contributed by atoms with E-state index >= 15 is 0 Å². The number of carbonyl (C=O) groups excluding carboxylic acids is 6. The number of esters is 4. The van der Waals surface area contributed by atoms with Gasteiger partial charge in [0, 0.05) is 35.5 Å². The minimum Gasteiger partial charge on any atom is -0.497 e. The van der Waals surface area contributed by atoms with Crippen molar-refractivity contribution in [1.82, 2.24) is 0 Å². The molecule has 0 saturated carbocycles. The lowest BCUT2D eigenvalue weighted by molar-refractivity contribution is -0.160. The Morgan fingerprint density at radius 2 is 1.07 bits per heavy atom. The summed E-state index contributed by atoms with van der Waals surface area (Å²) in [6.07, 6.45) is 7.98. The number of hydrogen-bond donors (Lipinski definition) is 0. The summed E-state index contributed by atoms with van der Waals surface area (Å²) in [6, 6.07) is 25.3. The third-order valence-electron chi connectivity index (χ3n) is 10.7. The molecule has 0 heterocycles. The highest BCUT2D eigenvalue weighted by Gasteiger charge is 2.35. The number of allylic oxidation sites excluding steroid dienone is 1. The Bertz CT molecular complexity index is 2610. The third kappa shape index (κ3) is 30.1. The van der Waals surface area contributed by atoms with E-state index in [1.54, 1.807) is 79.7 Å². The summed E-state index contributed by atoms with van der Waals surface area (Å²) in [5.74, 6) is -0.262. The fraction of sp³-hybridized carbons (Fsp3) is 0.415. The number of benzene rings is 4. The minimum atomic E-state index is -1.03. The van der Waals surface area contributed by atoms with Crippen LogP contribution in [0.3, 0.4) is 0 Å². The number of hydrogen-bond acceptors (Lipinski definition) is 15. The van der Waals surface area contributed by atoms with Crippen LogP contribution in [-0.4, -0.2) is 66.0 Å². The van der Waals surface area contributed by atoms with E-state index in [0.717, 1.165) is 24.5 Å². The monoisotopic (exact) mass is 1120 g/mol. The van der Waals surface area contributed by atoms with Gasteiger partial charge in [-0.05, 0) is 157 Å². The van der Waals surface area contributed by atoms with E-state index in [2.05, 4.69) is 85.2 Å². The Labute approximate surface area is 481 Å². The summed E-state index contributed by atoms with van der Waals surface area (Å²) < 4.78 is 42.0. The summed E-state index contributed by atoms with van der Waals surface area (Å²) in [5, 5.41) is 0. The van der Waals surface area contributed by atoms with E-state index in [9.17, 15) is 28.8 Å². The van der Waals surface area contributed by atoms with Crippen molar-refractivity contribution in [1.29, 1.82) is 0 Å². The first-order chi connectivity index (χ1) is 37.5. The van der Waals surface area contributed by atoms with Gasteiger partial charge in [-0.25, -0.2) is 24.0 Å². The highest BCUT2D eigenvalue weighted by Crippen LogP contribution is 2.32. The van der Waals surface area contributed by atoms with Crippen LogP contribution in [0.5, 0.6) is 23.0 Å². The molecule has 0 aliphatic heterocycles. The first-order valence-electron chi connectivity index (χ1n) is 26.6. The van der Waals surface area contributed by atoms with Gasteiger partial charge in [0.15, 0.2) is 0 Å². The topological polar surface area (TPSA) is 176 Å². The SMILES string of the molecule is C=C(CC)Sc1ccccc1CCC.C=CC(=O)OC(C)(C)CC(C)(C)OC(=O)Oc1ccc(C(=O)Oc2ccc(OC(=O)c3ccc(OC)cc3)cc2C=C)cc1.C=CC(=O)OC(C)(C)CC(C)(C)OC=O.CC.CCC(C)C. The minimum absolute atomic E-state index is 0.134. The fourth-order valence-corrected chi connectivity index (χ4v) is 8.06. The molecule has 4 rings (SSSR count). The number of thioether (sulfide) groups is 1. The van der Waals surface area contributed by atoms with Gasteiger partial charge in [0.25, 0.3) is 6.47 Å². The van der Waals surface area contributed by atoms with Gasteiger partial charge in [0.2, 0.25) is 0 Å². The second kappa shape index (κ2) is 36.7. The molecule has 14 nitrogen and oxygen atoms in total. The molecular weight excluding hydrogens is 1040 g/mol. The number of rotatable bonds is 24. The quantitative estimate of drug-likeness (QED) is 0.0123. The summed E-state index contributed by atoms with van der Waals surface area (Å²) in [4.78, 5) is 73.2. The molecule has 0 spiro atoms. The molecular formula is C65H88O14S. The van der Waals surface area contributed by atoms with E-state index in [-0.39, 0.29) is 29.2 Å². The Morgan fingerprint density at radius 3 is 1.52 bits per heavy atom. The second-order valence-corrected chi connectivity index (χ2v) is 21.6. The molecule has 0 N–H and O–H groups in total. The van der Waals surface area contributed by atoms with Crippen LogP contribution in [-0.2, 0) is 39.8 Å². The van der Waals surface area contributed by atoms with Crippen molar-refractivity contribution >= 4 is 54.3 Å². The summed E-state index contributed by atoms with van der Waals surface area (Å²) >= 11 is 1.82. The van der Waals surface area contributed by atoms with Crippen molar-refractivity contribution in [2.24, 2.45) is 5.92 Å². The zero-order chi connectivity index (χ0) is 61.3. The lowest BCUT2D eigenvalue weighted by Gasteiger charge is -2.33. The molecule has 0 aliphatic rings. The molecule has 0 radical (unpaired) electrons. The molecule has 0 aliphatic carbocycles. The number of aryl methyl sites for hydroxylation is 1. The maximum atomic E-state index is 12.8. The lowest BCUT2D eigenvalue weighted by atomic mass is 9.92. The summed E-state index contributed by atoms with van der Waals surface area (Å²) in [6.45, 7) is 43.6. The summed E-state index contributed by atoms with van der Waals surface area (Å²) in [7, 11) is 1.53. The van der Waals surface area contributed by atoms with Crippen LogP contribution in [0.4, 0.5) is 4.79 Å². The van der Waals surface area contributed by atoms with Gasteiger partial charge >= 0.3 is 30.0 Å². The highest BCUT2D eigenvalue weighted by molar-refractivity contribution is 8.03. The van der Waals surface area contributed by atoms with Gasteiger partial charge in [-0.15, -0.1) is 0 Å². The van der Waals surface area contributed by atoms with Crippen LogP contribution in [0.15, 0.2) is 139 Å². The molecule has 15 heteroatoms. The molecule has 0 atom stereocenters. The van der Waals surface area contributed by atoms with Crippen LogP contribution >= 0.6 is 11.8 Å². The van der Waals surface area contributed by atoms with Crippen molar-refractivity contribution in [3.05, 3.63) is 157 Å². The average Bonchev–Trinajstić information content (AvgIpc) is 3.39. The molecule has 4 aromatic rings. The second-order valence-electron chi connectivity index (χ2n) is 20.4. The average molecular weight is 1130 g/mol. The zero-order valence-corrected chi connectivity index (χ0v) is 51.1. The molecule has 0 bridgehead atoms. The lowest BCUT2D eigenvalue weighted by Crippen LogP contribution is -2.40. The predicted octanol–water partition coefficient (Wildman–Crippen LogP) is 16.5. The highest BCUT2D eigenvalue weighted by atomic mass is 32.2. The Balaban J connectivity index is 0.00000140. The zero-order valence-electron chi connectivity index (χ0n) is 50.2. The van der Waals surface area contributed by atoms with Gasteiger partial charge in [0.1, 0.15) is 45.4 Å². The largest absolute Gasteiger partial charge is 0.514 e. The maximum Gasteiger partial charge on any atom is 0.514 e. The molecule has 4 aromatic carbocycles. The van der Waals surface area contributed by atoms with Crippen LogP contribution in [0.25, 0.3) is 6.08 Å². The molecule has 0 fully saturated rings. The van der Waals surface area contributed by atoms with Gasteiger partial charge in [0.05, 0.1) is 18.2 Å². The maximum absolute atomic E-state index is 12.8. The van der Waals surface area contributed by atoms with Crippen molar-refractivity contribution < 1.29 is 66.7 Å². The first-order valence-corrected chi connectivity index (χ1v) is 27.4. The molecule has 0 amide bonds. The molecule has 0 saturated heterocycles. The number of carbonyl (C=O) groups is 6. The molecule has 0 unspecified atom stereocenters. The smallest absolute Gasteiger partial charge is 0.497 e. The molecule has 0 aromatic heterocycles. The van der Waals surface area contributed by atoms with Crippen LogP contribution in [0.2, 0.25) is 0 Å². The standard InChI is InChI=1S/C34H34O10.C13H18S.C11H18O4.C5H12.C2H6/c1-8-22-20-27(40-30(36)23-10-14-25(39-7)15-11-23)18-19-28(22)42-31(37)24-12-16-26(17-13-24)41-32(38)44-34(5,6)21-33(3,4)43-29(35)9-2;1-4-8-12-9-6-7-10-13(12)14-11(3)5-2;1-6-9(13)15-11(4,5)7-10(2,3)14-8-12;1-4-5(2)3;1-2/h8-20H,1-2,21H2,3-7H3;6-7,9-10H,3-5,8H2,1-2H3;6,8H,1,7H2,2-5H3;5H,4H2,1-3H3;1-2H3. The predicted molar refractivity (Wildman–Crippen MR) is 320 cm³/mol. The normalized spacial score (nSPS) is 10.7. The molecule has 438 valence electrons. The van der Waals surface area contributed by atoms with Crippen molar-refractivity contribution in [3.63, 3.8) is 0 Å². The van der Waals surface area contributed by atoms with E-state index in [0.29, 0.717) is 29.8 Å². The third-order valence-corrected chi connectivity index (χ3v) is 11.9. The van der Waals surface area contributed by atoms with Gasteiger partial charge in [-0.2, -0.15) is 0 Å². The van der Waals surface area contributed by atoms with E-state index in [1.807, 2.05) is 25.6 Å². The summed E-state index contributed by atoms with van der Waals surface area (Å²) in [5.41, 5.74) is -0.920. The molecule has 80 heavy (non-hydrogen) atoms. The van der Waals surface area contributed by atoms with E-state index in [4.69, 9.17) is 37.9 Å².